The van der Waals surface area contributed by atoms with Crippen LogP contribution in [0.2, 0.25) is 0 Å². The molecule has 0 spiro atoms. The van der Waals surface area contributed by atoms with Crippen LogP contribution >= 0.6 is 0 Å². The van der Waals surface area contributed by atoms with Gasteiger partial charge >= 0.3 is 0 Å². The Morgan fingerprint density at radius 3 is 2.57 bits per heavy atom. The number of morpholine rings is 1. The first-order valence-electron chi connectivity index (χ1n) is 12.2. The highest BCUT2D eigenvalue weighted by Crippen LogP contribution is 2.28. The number of benzene rings is 3. The molecular weight excluding hydrogens is 466 g/mol. The molecule has 1 aliphatic rings. The summed E-state index contributed by atoms with van der Waals surface area (Å²) in [5.74, 6) is 0.370. The van der Waals surface area contributed by atoms with E-state index in [0.29, 0.717) is 36.8 Å². The van der Waals surface area contributed by atoms with Gasteiger partial charge < -0.3 is 26.2 Å². The molecular formula is C29H29N5O3. The number of amides is 1. The maximum absolute atomic E-state index is 12.7. The summed E-state index contributed by atoms with van der Waals surface area (Å²) in [5.41, 5.74) is 11.9. The predicted octanol–water partition coefficient (Wildman–Crippen LogP) is 3.67. The molecule has 3 aromatic carbocycles. The lowest BCUT2D eigenvalue weighted by molar-refractivity contribution is 0.0250. The summed E-state index contributed by atoms with van der Waals surface area (Å²) in [4.78, 5) is 22.3. The first-order valence-corrected chi connectivity index (χ1v) is 12.2. The molecule has 1 saturated heterocycles. The molecule has 5 rings (SSSR count). The summed E-state index contributed by atoms with van der Waals surface area (Å²) in [6.45, 7) is 2.42. The van der Waals surface area contributed by atoms with Crippen LogP contribution < -0.4 is 16.4 Å². The number of nitrogens with zero attached hydrogens (tertiary/aromatic N) is 2. The summed E-state index contributed by atoms with van der Waals surface area (Å²) in [6, 6.07) is 24.3. The van der Waals surface area contributed by atoms with Crippen molar-refractivity contribution in [3.05, 3.63) is 101 Å². The van der Waals surface area contributed by atoms with E-state index in [-0.39, 0.29) is 18.6 Å². The number of carbonyl (C=O) groups is 1. The number of ether oxygens (including phenoxy) is 1. The third-order valence-corrected chi connectivity index (χ3v) is 6.23. The van der Waals surface area contributed by atoms with Crippen molar-refractivity contribution in [3.63, 3.8) is 0 Å². The zero-order valence-electron chi connectivity index (χ0n) is 20.4. The zero-order chi connectivity index (χ0) is 25.6. The minimum absolute atomic E-state index is 0.0558. The van der Waals surface area contributed by atoms with E-state index < -0.39 is 0 Å². The number of nitrogens with one attached hydrogen (secondary N) is 2. The first kappa shape index (κ1) is 24.7. The predicted molar refractivity (Wildman–Crippen MR) is 143 cm³/mol. The quantitative estimate of drug-likeness (QED) is 0.309. The molecule has 4 aromatic rings. The molecule has 2 heterocycles. The molecule has 5 N–H and O–H groups in total. The van der Waals surface area contributed by atoms with Crippen molar-refractivity contribution in [2.24, 2.45) is 5.73 Å². The van der Waals surface area contributed by atoms with Gasteiger partial charge in [0.25, 0.3) is 5.91 Å². The molecule has 37 heavy (non-hydrogen) atoms. The molecule has 0 aliphatic carbocycles. The second-order valence-corrected chi connectivity index (χ2v) is 8.86. The summed E-state index contributed by atoms with van der Waals surface area (Å²) >= 11 is 0. The molecule has 1 unspecified atom stereocenters. The molecule has 0 radical (unpaired) electrons. The lowest BCUT2D eigenvalue weighted by Gasteiger charge is -2.24. The Balaban J connectivity index is 1.44. The van der Waals surface area contributed by atoms with E-state index in [2.05, 4.69) is 10.6 Å². The van der Waals surface area contributed by atoms with Gasteiger partial charge in [0.1, 0.15) is 6.10 Å². The SMILES string of the molecule is NCc1cccc(C(=O)Nc2ccc(-c3cc(C4CNCCO4)nc(-c4cccc(CO)c4)n3)cc2)c1. The van der Waals surface area contributed by atoms with Crippen LogP contribution in [0.5, 0.6) is 0 Å². The Kier molecular flexibility index (Phi) is 7.62. The summed E-state index contributed by atoms with van der Waals surface area (Å²) in [7, 11) is 0. The number of aliphatic hydroxyl groups excluding tert-OH is 1. The number of carbonyl (C=O) groups excluding carboxylic acids is 1. The van der Waals surface area contributed by atoms with Crippen LogP contribution in [0.25, 0.3) is 22.6 Å². The van der Waals surface area contributed by atoms with Gasteiger partial charge in [0, 0.05) is 42.0 Å². The molecule has 188 valence electrons. The van der Waals surface area contributed by atoms with E-state index >= 15 is 0 Å². The Morgan fingerprint density at radius 2 is 1.81 bits per heavy atom. The fourth-order valence-corrected chi connectivity index (χ4v) is 4.24. The fourth-order valence-electron chi connectivity index (χ4n) is 4.24. The topological polar surface area (TPSA) is 122 Å². The summed E-state index contributed by atoms with van der Waals surface area (Å²) in [6.07, 6.45) is -0.182. The molecule has 0 saturated carbocycles. The summed E-state index contributed by atoms with van der Waals surface area (Å²) in [5, 5.41) is 15.9. The van der Waals surface area contributed by atoms with Crippen LogP contribution in [-0.2, 0) is 17.9 Å². The lowest BCUT2D eigenvalue weighted by Crippen LogP contribution is -2.33. The van der Waals surface area contributed by atoms with Crippen LogP contribution in [0, 0.1) is 0 Å². The minimum atomic E-state index is -0.194. The highest BCUT2D eigenvalue weighted by Gasteiger charge is 2.20. The molecule has 0 bridgehead atoms. The minimum Gasteiger partial charge on any atom is -0.392 e. The molecule has 1 atom stereocenters. The number of aliphatic hydroxyl groups is 1. The van der Waals surface area contributed by atoms with Gasteiger partial charge in [0.15, 0.2) is 5.82 Å². The van der Waals surface area contributed by atoms with Gasteiger partial charge in [-0.05, 0) is 47.5 Å². The average Bonchev–Trinajstić information content (AvgIpc) is 2.97. The largest absolute Gasteiger partial charge is 0.392 e. The van der Waals surface area contributed by atoms with Crippen LogP contribution in [-0.4, -0.2) is 40.7 Å². The van der Waals surface area contributed by atoms with E-state index in [4.69, 9.17) is 20.4 Å². The van der Waals surface area contributed by atoms with E-state index in [1.165, 1.54) is 0 Å². The number of hydrogen-bond donors (Lipinski definition) is 4. The van der Waals surface area contributed by atoms with Gasteiger partial charge in [0.2, 0.25) is 0 Å². The second kappa shape index (κ2) is 11.4. The highest BCUT2D eigenvalue weighted by atomic mass is 16.5. The zero-order valence-corrected chi connectivity index (χ0v) is 20.4. The second-order valence-electron chi connectivity index (χ2n) is 8.86. The van der Waals surface area contributed by atoms with Crippen molar-refractivity contribution in [1.29, 1.82) is 0 Å². The third kappa shape index (κ3) is 5.90. The first-order chi connectivity index (χ1) is 18.1. The molecule has 1 fully saturated rings. The number of anilines is 1. The number of hydrogen-bond acceptors (Lipinski definition) is 7. The Hall–Kier alpha value is -3.95. The van der Waals surface area contributed by atoms with Gasteiger partial charge in [-0.25, -0.2) is 9.97 Å². The highest BCUT2D eigenvalue weighted by molar-refractivity contribution is 6.04. The van der Waals surface area contributed by atoms with Crippen molar-refractivity contribution in [1.82, 2.24) is 15.3 Å². The van der Waals surface area contributed by atoms with Crippen molar-refractivity contribution >= 4 is 11.6 Å². The number of rotatable bonds is 7. The Morgan fingerprint density at radius 1 is 1.00 bits per heavy atom. The van der Waals surface area contributed by atoms with Crippen LogP contribution in [0.1, 0.15) is 33.3 Å². The Labute approximate surface area is 215 Å². The van der Waals surface area contributed by atoms with Crippen molar-refractivity contribution < 1.29 is 14.6 Å². The van der Waals surface area contributed by atoms with Gasteiger partial charge in [0.05, 0.1) is 24.6 Å². The van der Waals surface area contributed by atoms with E-state index in [1.54, 1.807) is 12.1 Å². The summed E-state index contributed by atoms with van der Waals surface area (Å²) < 4.78 is 5.96. The number of nitrogens with two attached hydrogens (primary N) is 1. The van der Waals surface area contributed by atoms with Crippen molar-refractivity contribution in [2.75, 3.05) is 25.0 Å². The van der Waals surface area contributed by atoms with Crippen LogP contribution in [0.3, 0.4) is 0 Å². The molecule has 1 amide bonds. The molecule has 1 aromatic heterocycles. The molecule has 8 heteroatoms. The molecule has 8 nitrogen and oxygen atoms in total. The van der Waals surface area contributed by atoms with Crippen molar-refractivity contribution in [3.8, 4) is 22.6 Å². The smallest absolute Gasteiger partial charge is 0.255 e. The van der Waals surface area contributed by atoms with Gasteiger partial charge in [-0.15, -0.1) is 0 Å². The van der Waals surface area contributed by atoms with Gasteiger partial charge in [-0.1, -0.05) is 42.5 Å². The maximum atomic E-state index is 12.7. The van der Waals surface area contributed by atoms with E-state index in [9.17, 15) is 9.90 Å². The Bertz CT molecular complexity index is 1380. The van der Waals surface area contributed by atoms with E-state index in [1.807, 2.05) is 66.7 Å². The molecule has 1 aliphatic heterocycles. The van der Waals surface area contributed by atoms with Crippen LogP contribution in [0.15, 0.2) is 78.9 Å². The number of aromatic nitrogens is 2. The standard InChI is InChI=1S/C29H29N5O3/c30-16-19-3-1-6-23(13-19)29(36)32-24-9-7-21(8-10-24)25-15-26(27-17-31-11-12-37-27)34-28(33-25)22-5-2-4-20(14-22)18-35/h1-10,13-15,27,31,35H,11-12,16-18,30H2,(H,32,36). The van der Waals surface area contributed by atoms with Gasteiger partial charge in [-0.2, -0.15) is 0 Å². The lowest BCUT2D eigenvalue weighted by atomic mass is 10.1. The van der Waals surface area contributed by atoms with Crippen molar-refractivity contribution in [2.45, 2.75) is 19.3 Å². The average molecular weight is 496 g/mol. The van der Waals surface area contributed by atoms with E-state index in [0.717, 1.165) is 40.2 Å². The normalized spacial score (nSPS) is 15.4. The fraction of sp³-hybridized carbons (Fsp3) is 0.207. The maximum Gasteiger partial charge on any atom is 0.255 e. The van der Waals surface area contributed by atoms with Crippen LogP contribution in [0.4, 0.5) is 5.69 Å². The monoisotopic (exact) mass is 495 g/mol. The van der Waals surface area contributed by atoms with Gasteiger partial charge in [-0.3, -0.25) is 4.79 Å². The third-order valence-electron chi connectivity index (χ3n) is 6.23.